The molecule has 0 aromatic heterocycles. The van der Waals surface area contributed by atoms with E-state index in [0.29, 0.717) is 19.0 Å². The number of piperidine rings is 1. The van der Waals surface area contributed by atoms with Gasteiger partial charge in [0.05, 0.1) is 6.54 Å². The summed E-state index contributed by atoms with van der Waals surface area (Å²) in [6.07, 6.45) is 4.93. The molecule has 0 saturated carbocycles. The highest BCUT2D eigenvalue weighted by atomic mass is 16.2. The fourth-order valence-electron chi connectivity index (χ4n) is 2.59. The predicted molar refractivity (Wildman–Crippen MR) is 60.8 cm³/mol. The summed E-state index contributed by atoms with van der Waals surface area (Å²) in [5.41, 5.74) is 0. The standard InChI is InChI=1S/C12H20N2O2/c1-10-5-2-3-8-14(10)12(16)9-13-7-4-6-11(13)15/h10H,2-9H2,1H3. The third-order valence-corrected chi connectivity index (χ3v) is 3.62. The Bertz CT molecular complexity index is 291. The molecule has 2 saturated heterocycles. The molecule has 1 unspecified atom stereocenters. The van der Waals surface area contributed by atoms with Crippen LogP contribution in [0.15, 0.2) is 0 Å². The summed E-state index contributed by atoms with van der Waals surface area (Å²) in [7, 11) is 0. The van der Waals surface area contributed by atoms with Crippen LogP contribution in [0, 0.1) is 0 Å². The van der Waals surface area contributed by atoms with Crippen molar-refractivity contribution in [1.29, 1.82) is 0 Å². The first kappa shape index (κ1) is 11.4. The number of hydrogen-bond acceptors (Lipinski definition) is 2. The molecule has 4 heteroatoms. The lowest BCUT2D eigenvalue weighted by molar-refractivity contribution is -0.140. The molecule has 2 fully saturated rings. The maximum Gasteiger partial charge on any atom is 0.242 e. The number of amides is 2. The maximum absolute atomic E-state index is 12.0. The van der Waals surface area contributed by atoms with Crippen LogP contribution in [0.1, 0.15) is 39.0 Å². The molecule has 0 bridgehead atoms. The van der Waals surface area contributed by atoms with Crippen LogP contribution < -0.4 is 0 Å². The first-order valence-corrected chi connectivity index (χ1v) is 6.26. The molecule has 2 amide bonds. The summed E-state index contributed by atoms with van der Waals surface area (Å²) in [5.74, 6) is 0.264. The van der Waals surface area contributed by atoms with Crippen molar-refractivity contribution in [3.63, 3.8) is 0 Å². The van der Waals surface area contributed by atoms with Gasteiger partial charge in [-0.05, 0) is 32.6 Å². The normalized spacial score (nSPS) is 26.3. The Balaban J connectivity index is 1.89. The van der Waals surface area contributed by atoms with Gasteiger partial charge in [-0.2, -0.15) is 0 Å². The quantitative estimate of drug-likeness (QED) is 0.702. The van der Waals surface area contributed by atoms with Gasteiger partial charge in [-0.3, -0.25) is 9.59 Å². The molecular weight excluding hydrogens is 204 g/mol. The van der Waals surface area contributed by atoms with Crippen LogP contribution in [-0.4, -0.2) is 47.3 Å². The summed E-state index contributed by atoms with van der Waals surface area (Å²) < 4.78 is 0. The minimum absolute atomic E-state index is 0.127. The number of rotatable bonds is 2. The van der Waals surface area contributed by atoms with Gasteiger partial charge < -0.3 is 9.80 Å². The molecule has 0 aromatic carbocycles. The van der Waals surface area contributed by atoms with E-state index in [1.807, 2.05) is 4.90 Å². The van der Waals surface area contributed by atoms with Crippen molar-refractivity contribution in [2.75, 3.05) is 19.6 Å². The minimum Gasteiger partial charge on any atom is -0.338 e. The summed E-state index contributed by atoms with van der Waals surface area (Å²) >= 11 is 0. The topological polar surface area (TPSA) is 40.6 Å². The number of hydrogen-bond donors (Lipinski definition) is 0. The first-order chi connectivity index (χ1) is 7.68. The second-order valence-corrected chi connectivity index (χ2v) is 4.85. The van der Waals surface area contributed by atoms with Gasteiger partial charge in [0.15, 0.2) is 0 Å². The average Bonchev–Trinajstić information content (AvgIpc) is 2.65. The van der Waals surface area contributed by atoms with Gasteiger partial charge in [0.25, 0.3) is 0 Å². The van der Waals surface area contributed by atoms with E-state index in [2.05, 4.69) is 6.92 Å². The van der Waals surface area contributed by atoms with Gasteiger partial charge in [-0.25, -0.2) is 0 Å². The van der Waals surface area contributed by atoms with Crippen molar-refractivity contribution in [3.05, 3.63) is 0 Å². The Kier molecular flexibility index (Phi) is 3.46. The lowest BCUT2D eigenvalue weighted by Gasteiger charge is -2.34. The molecular formula is C12H20N2O2. The van der Waals surface area contributed by atoms with E-state index in [4.69, 9.17) is 0 Å². The van der Waals surface area contributed by atoms with Gasteiger partial charge >= 0.3 is 0 Å². The molecule has 0 aromatic rings. The molecule has 2 heterocycles. The van der Waals surface area contributed by atoms with Crippen LogP contribution >= 0.6 is 0 Å². The zero-order chi connectivity index (χ0) is 11.5. The number of carbonyl (C=O) groups excluding carboxylic acids is 2. The lowest BCUT2D eigenvalue weighted by Crippen LogP contribution is -2.47. The van der Waals surface area contributed by atoms with Crippen molar-refractivity contribution >= 4 is 11.8 Å². The molecule has 1 atom stereocenters. The highest BCUT2D eigenvalue weighted by molar-refractivity contribution is 5.86. The number of nitrogens with zero attached hydrogens (tertiary/aromatic N) is 2. The van der Waals surface area contributed by atoms with Crippen molar-refractivity contribution in [1.82, 2.24) is 9.80 Å². The Morgan fingerprint density at radius 2 is 2.12 bits per heavy atom. The van der Waals surface area contributed by atoms with Crippen LogP contribution in [0.2, 0.25) is 0 Å². The smallest absolute Gasteiger partial charge is 0.242 e. The van der Waals surface area contributed by atoms with Crippen LogP contribution in [0.4, 0.5) is 0 Å². The van der Waals surface area contributed by atoms with E-state index < -0.39 is 0 Å². The highest BCUT2D eigenvalue weighted by Crippen LogP contribution is 2.17. The Morgan fingerprint density at radius 1 is 1.31 bits per heavy atom. The summed E-state index contributed by atoms with van der Waals surface area (Å²) in [4.78, 5) is 27.1. The van der Waals surface area contributed by atoms with E-state index in [1.54, 1.807) is 4.90 Å². The second-order valence-electron chi connectivity index (χ2n) is 4.85. The lowest BCUT2D eigenvalue weighted by atomic mass is 10.0. The van der Waals surface area contributed by atoms with Crippen molar-refractivity contribution < 1.29 is 9.59 Å². The molecule has 2 aliphatic rings. The minimum atomic E-state index is 0.127. The van der Waals surface area contributed by atoms with Gasteiger partial charge in [0.1, 0.15) is 0 Å². The molecule has 0 spiro atoms. The van der Waals surface area contributed by atoms with Crippen LogP contribution in [-0.2, 0) is 9.59 Å². The molecule has 4 nitrogen and oxygen atoms in total. The van der Waals surface area contributed by atoms with Gasteiger partial charge in [0, 0.05) is 25.6 Å². The third-order valence-electron chi connectivity index (χ3n) is 3.62. The first-order valence-electron chi connectivity index (χ1n) is 6.26. The molecule has 16 heavy (non-hydrogen) atoms. The monoisotopic (exact) mass is 224 g/mol. The van der Waals surface area contributed by atoms with E-state index in [1.165, 1.54) is 6.42 Å². The van der Waals surface area contributed by atoms with Crippen LogP contribution in [0.5, 0.6) is 0 Å². The second kappa shape index (κ2) is 4.85. The Morgan fingerprint density at radius 3 is 2.75 bits per heavy atom. The van der Waals surface area contributed by atoms with Crippen molar-refractivity contribution in [2.45, 2.75) is 45.1 Å². The highest BCUT2D eigenvalue weighted by Gasteiger charge is 2.28. The largest absolute Gasteiger partial charge is 0.338 e. The molecule has 90 valence electrons. The summed E-state index contributed by atoms with van der Waals surface area (Å²) in [5, 5.41) is 0. The predicted octanol–water partition coefficient (Wildman–Crippen LogP) is 1.01. The van der Waals surface area contributed by atoms with E-state index in [9.17, 15) is 9.59 Å². The fraction of sp³-hybridized carbons (Fsp3) is 0.833. The summed E-state index contributed by atoms with van der Waals surface area (Å²) in [6, 6.07) is 0.346. The maximum atomic E-state index is 12.0. The Hall–Kier alpha value is -1.06. The third kappa shape index (κ3) is 2.36. The van der Waals surface area contributed by atoms with Crippen LogP contribution in [0.3, 0.4) is 0 Å². The van der Waals surface area contributed by atoms with E-state index in [0.717, 1.165) is 32.4 Å². The number of carbonyl (C=O) groups is 2. The molecule has 0 N–H and O–H groups in total. The fourth-order valence-corrected chi connectivity index (χ4v) is 2.59. The zero-order valence-corrected chi connectivity index (χ0v) is 9.95. The molecule has 0 aliphatic carbocycles. The summed E-state index contributed by atoms with van der Waals surface area (Å²) in [6.45, 7) is 4.01. The van der Waals surface area contributed by atoms with Gasteiger partial charge in [-0.15, -0.1) is 0 Å². The molecule has 2 rings (SSSR count). The average molecular weight is 224 g/mol. The number of likely N-dealkylation sites (tertiary alicyclic amines) is 2. The van der Waals surface area contributed by atoms with E-state index in [-0.39, 0.29) is 11.8 Å². The van der Waals surface area contributed by atoms with Crippen molar-refractivity contribution in [3.8, 4) is 0 Å². The Labute approximate surface area is 96.6 Å². The zero-order valence-electron chi connectivity index (χ0n) is 9.95. The molecule has 0 radical (unpaired) electrons. The van der Waals surface area contributed by atoms with Crippen LogP contribution in [0.25, 0.3) is 0 Å². The van der Waals surface area contributed by atoms with Gasteiger partial charge in [-0.1, -0.05) is 0 Å². The molecule has 2 aliphatic heterocycles. The van der Waals surface area contributed by atoms with E-state index >= 15 is 0 Å². The van der Waals surface area contributed by atoms with Gasteiger partial charge in [0.2, 0.25) is 11.8 Å². The SMILES string of the molecule is CC1CCCCN1C(=O)CN1CCCC1=O. The van der Waals surface area contributed by atoms with Crippen molar-refractivity contribution in [2.24, 2.45) is 0 Å².